The van der Waals surface area contributed by atoms with Crippen LogP contribution in [0.3, 0.4) is 0 Å². The molecule has 0 aliphatic heterocycles. The number of hydrogen-bond acceptors (Lipinski definition) is 1. The second-order valence-corrected chi connectivity index (χ2v) is 15.8. The van der Waals surface area contributed by atoms with Gasteiger partial charge in [-0.1, -0.05) is 155 Å². The van der Waals surface area contributed by atoms with Crippen LogP contribution in [0.4, 0.5) is 17.1 Å². The molecule has 2 aliphatic rings. The number of para-hydroxylation sites is 2. The van der Waals surface area contributed by atoms with Gasteiger partial charge in [-0.25, -0.2) is 0 Å². The first-order chi connectivity index (χ1) is 25.8. The van der Waals surface area contributed by atoms with Crippen LogP contribution in [0.15, 0.2) is 176 Å². The standard InChI is InChI=1S/C52H41N/c1-51(2)46-31-26-36(37-25-30-43-42-19-11-12-20-45(42)52(3,4)48(43)33-37)32-44(46)50-41(29-24-35-14-13-21-47(51)49(35)50)34-22-27-40(28-23-34)53(38-15-7-5-8-16-38)39-17-9-6-10-18-39/h5-33H,1-4H3. The first kappa shape index (κ1) is 31.5. The van der Waals surface area contributed by atoms with E-state index in [0.29, 0.717) is 0 Å². The van der Waals surface area contributed by atoms with Crippen molar-refractivity contribution in [1.82, 2.24) is 0 Å². The van der Waals surface area contributed by atoms with Gasteiger partial charge in [-0.05, 0) is 126 Å². The highest BCUT2D eigenvalue weighted by Gasteiger charge is 2.37. The summed E-state index contributed by atoms with van der Waals surface area (Å²) in [5.41, 5.74) is 19.2. The highest BCUT2D eigenvalue weighted by molar-refractivity contribution is 6.09. The molecule has 0 saturated carbocycles. The third-order valence-corrected chi connectivity index (χ3v) is 12.1. The molecule has 10 rings (SSSR count). The van der Waals surface area contributed by atoms with E-state index in [0.717, 1.165) is 17.1 Å². The van der Waals surface area contributed by atoms with Crippen molar-refractivity contribution >= 4 is 27.8 Å². The van der Waals surface area contributed by atoms with E-state index in [4.69, 9.17) is 0 Å². The lowest BCUT2D eigenvalue weighted by Crippen LogP contribution is -2.24. The van der Waals surface area contributed by atoms with Gasteiger partial charge in [-0.3, -0.25) is 0 Å². The van der Waals surface area contributed by atoms with Gasteiger partial charge >= 0.3 is 0 Å². The lowest BCUT2D eigenvalue weighted by Gasteiger charge is -2.36. The minimum atomic E-state index is -0.143. The molecule has 2 aliphatic carbocycles. The molecule has 254 valence electrons. The molecule has 8 aromatic carbocycles. The third kappa shape index (κ3) is 4.77. The Balaban J connectivity index is 1.13. The molecule has 0 bridgehead atoms. The Morgan fingerprint density at radius 1 is 0.340 bits per heavy atom. The Labute approximate surface area is 312 Å². The van der Waals surface area contributed by atoms with Crippen LogP contribution >= 0.6 is 0 Å². The van der Waals surface area contributed by atoms with E-state index in [1.807, 2.05) is 0 Å². The molecule has 1 nitrogen and oxygen atoms in total. The topological polar surface area (TPSA) is 3.24 Å². The summed E-state index contributed by atoms with van der Waals surface area (Å²) >= 11 is 0. The molecular weight excluding hydrogens is 639 g/mol. The van der Waals surface area contributed by atoms with Gasteiger partial charge < -0.3 is 4.90 Å². The van der Waals surface area contributed by atoms with Crippen LogP contribution in [0.1, 0.15) is 49.9 Å². The third-order valence-electron chi connectivity index (χ3n) is 12.1. The number of fused-ring (bicyclic) bond motifs is 5. The highest BCUT2D eigenvalue weighted by Crippen LogP contribution is 2.54. The summed E-state index contributed by atoms with van der Waals surface area (Å²) in [4.78, 5) is 2.33. The van der Waals surface area contributed by atoms with Crippen molar-refractivity contribution in [3.05, 3.63) is 198 Å². The van der Waals surface area contributed by atoms with Crippen molar-refractivity contribution in [2.45, 2.75) is 38.5 Å². The molecule has 0 amide bonds. The van der Waals surface area contributed by atoms with Crippen LogP contribution in [-0.2, 0) is 10.8 Å². The van der Waals surface area contributed by atoms with E-state index in [1.54, 1.807) is 0 Å². The number of anilines is 3. The normalized spacial score (nSPS) is 14.3. The summed E-state index contributed by atoms with van der Waals surface area (Å²) in [5, 5.41) is 2.66. The molecule has 0 heterocycles. The molecule has 53 heavy (non-hydrogen) atoms. The van der Waals surface area contributed by atoms with Crippen LogP contribution < -0.4 is 4.90 Å². The van der Waals surface area contributed by atoms with Crippen LogP contribution in [0.25, 0.3) is 55.3 Å². The SMILES string of the molecule is CC1(C)c2ccccc2-c2ccc(-c3ccc4c(c3)-c3c(-c5ccc(N(c6ccccc6)c6ccccc6)cc5)ccc5cccc(c35)C4(C)C)cc21. The summed E-state index contributed by atoms with van der Waals surface area (Å²) in [6.45, 7) is 9.51. The maximum atomic E-state index is 2.48. The number of rotatable bonds is 5. The summed E-state index contributed by atoms with van der Waals surface area (Å²) in [5.74, 6) is 0. The van der Waals surface area contributed by atoms with Gasteiger partial charge in [0.2, 0.25) is 0 Å². The minimum absolute atomic E-state index is 0.0431. The van der Waals surface area contributed by atoms with E-state index < -0.39 is 0 Å². The fourth-order valence-corrected chi connectivity index (χ4v) is 9.32. The second-order valence-electron chi connectivity index (χ2n) is 15.8. The van der Waals surface area contributed by atoms with Crippen LogP contribution in [-0.4, -0.2) is 0 Å². The molecule has 0 atom stereocenters. The minimum Gasteiger partial charge on any atom is -0.311 e. The zero-order valence-electron chi connectivity index (χ0n) is 30.7. The van der Waals surface area contributed by atoms with Crippen LogP contribution in [0.2, 0.25) is 0 Å². The Kier molecular flexibility index (Phi) is 6.94. The largest absolute Gasteiger partial charge is 0.311 e. The zero-order chi connectivity index (χ0) is 35.9. The Morgan fingerprint density at radius 3 is 1.60 bits per heavy atom. The molecule has 1 heteroatoms. The first-order valence-electron chi connectivity index (χ1n) is 18.8. The summed E-state index contributed by atoms with van der Waals surface area (Å²) in [6, 6.07) is 65.2. The fraction of sp³-hybridized carbons (Fsp3) is 0.115. The van der Waals surface area contributed by atoms with Crippen molar-refractivity contribution in [3.8, 4) is 44.5 Å². The van der Waals surface area contributed by atoms with E-state index in [-0.39, 0.29) is 10.8 Å². The summed E-state index contributed by atoms with van der Waals surface area (Å²) in [6.07, 6.45) is 0. The van der Waals surface area contributed by atoms with Crippen molar-refractivity contribution in [2.24, 2.45) is 0 Å². The number of nitrogens with zero attached hydrogens (tertiary/aromatic N) is 1. The van der Waals surface area contributed by atoms with Gasteiger partial charge in [0.1, 0.15) is 0 Å². The number of benzene rings is 8. The molecule has 8 aromatic rings. The fourth-order valence-electron chi connectivity index (χ4n) is 9.32. The quantitative estimate of drug-likeness (QED) is 0.175. The Hall–Kier alpha value is -6.18. The number of hydrogen-bond donors (Lipinski definition) is 0. The van der Waals surface area contributed by atoms with Gasteiger partial charge in [0, 0.05) is 27.9 Å². The first-order valence-corrected chi connectivity index (χ1v) is 18.8. The van der Waals surface area contributed by atoms with Crippen LogP contribution in [0, 0.1) is 0 Å². The van der Waals surface area contributed by atoms with Crippen molar-refractivity contribution in [2.75, 3.05) is 4.90 Å². The Bertz CT molecular complexity index is 2660. The lowest BCUT2D eigenvalue weighted by molar-refractivity contribution is 0.645. The van der Waals surface area contributed by atoms with Crippen molar-refractivity contribution in [1.29, 1.82) is 0 Å². The molecule has 0 aromatic heterocycles. The maximum Gasteiger partial charge on any atom is 0.0462 e. The zero-order valence-corrected chi connectivity index (χ0v) is 30.7. The molecule has 0 fully saturated rings. The smallest absolute Gasteiger partial charge is 0.0462 e. The molecular formula is C52H41N. The monoisotopic (exact) mass is 679 g/mol. The van der Waals surface area contributed by atoms with Gasteiger partial charge in [0.05, 0.1) is 0 Å². The molecule has 0 saturated heterocycles. The van der Waals surface area contributed by atoms with E-state index in [1.165, 1.54) is 77.5 Å². The summed E-state index contributed by atoms with van der Waals surface area (Å²) in [7, 11) is 0. The summed E-state index contributed by atoms with van der Waals surface area (Å²) < 4.78 is 0. The highest BCUT2D eigenvalue weighted by atomic mass is 15.1. The molecule has 0 unspecified atom stereocenters. The van der Waals surface area contributed by atoms with E-state index in [9.17, 15) is 0 Å². The average Bonchev–Trinajstić information content (AvgIpc) is 3.43. The van der Waals surface area contributed by atoms with Gasteiger partial charge in [-0.15, -0.1) is 0 Å². The van der Waals surface area contributed by atoms with Crippen molar-refractivity contribution < 1.29 is 0 Å². The molecule has 0 N–H and O–H groups in total. The lowest BCUT2D eigenvalue weighted by atomic mass is 9.67. The predicted molar refractivity (Wildman–Crippen MR) is 225 cm³/mol. The van der Waals surface area contributed by atoms with E-state index >= 15 is 0 Å². The maximum absolute atomic E-state index is 2.48. The average molecular weight is 680 g/mol. The van der Waals surface area contributed by atoms with Gasteiger partial charge in [-0.2, -0.15) is 0 Å². The Morgan fingerprint density at radius 2 is 0.868 bits per heavy atom. The predicted octanol–water partition coefficient (Wildman–Crippen LogP) is 14.3. The molecule has 0 spiro atoms. The van der Waals surface area contributed by atoms with Gasteiger partial charge in [0.25, 0.3) is 0 Å². The van der Waals surface area contributed by atoms with Crippen LogP contribution in [0.5, 0.6) is 0 Å². The van der Waals surface area contributed by atoms with E-state index in [2.05, 4.69) is 209 Å². The van der Waals surface area contributed by atoms with Crippen molar-refractivity contribution in [3.63, 3.8) is 0 Å². The molecule has 0 radical (unpaired) electrons. The second kappa shape index (κ2) is 11.7. The van der Waals surface area contributed by atoms with Gasteiger partial charge in [0.15, 0.2) is 0 Å².